The van der Waals surface area contributed by atoms with Crippen molar-refractivity contribution < 1.29 is 4.52 Å². The summed E-state index contributed by atoms with van der Waals surface area (Å²) >= 11 is 12.3. The molecule has 1 aromatic carbocycles. The Morgan fingerprint density at radius 2 is 1.86 bits per heavy atom. The maximum Gasteiger partial charge on any atom is 0.230 e. The molecule has 0 bridgehead atoms. The minimum atomic E-state index is 0.312. The van der Waals surface area contributed by atoms with Crippen LogP contribution in [0.1, 0.15) is 51.1 Å². The van der Waals surface area contributed by atoms with Gasteiger partial charge in [-0.3, -0.25) is 0 Å². The number of aromatic nitrogens is 1. The van der Waals surface area contributed by atoms with Crippen LogP contribution in [-0.4, -0.2) is 5.16 Å². The molecule has 2 N–H and O–H groups in total. The number of hydrogen-bond acceptors (Lipinski definition) is 3. The molecule has 0 spiro atoms. The van der Waals surface area contributed by atoms with E-state index in [4.69, 9.17) is 33.5 Å². The second kappa shape index (κ2) is 7.19. The molecule has 0 radical (unpaired) electrons. The summed E-state index contributed by atoms with van der Waals surface area (Å²) in [4.78, 5) is 0. The number of nitrogens with zero attached hydrogens (tertiary/aromatic N) is 1. The Morgan fingerprint density at radius 3 is 2.43 bits per heavy atom. The van der Waals surface area contributed by atoms with Gasteiger partial charge in [-0.1, -0.05) is 61.1 Å². The first-order chi connectivity index (χ1) is 10.1. The number of halogens is 2. The fourth-order valence-electron chi connectivity index (χ4n) is 2.67. The molecule has 0 atom stereocenters. The Balaban J connectivity index is 2.50. The summed E-state index contributed by atoms with van der Waals surface area (Å²) in [5.74, 6) is 0.647. The second-order valence-electron chi connectivity index (χ2n) is 5.21. The lowest BCUT2D eigenvalue weighted by Gasteiger charge is -2.14. The van der Waals surface area contributed by atoms with Gasteiger partial charge in [0.2, 0.25) is 5.88 Å². The lowest BCUT2D eigenvalue weighted by molar-refractivity contribution is 0.411. The monoisotopic (exact) mass is 326 g/mol. The molecule has 0 aliphatic heterocycles. The van der Waals surface area contributed by atoms with Gasteiger partial charge in [0.25, 0.3) is 0 Å². The van der Waals surface area contributed by atoms with Crippen LogP contribution in [0.3, 0.4) is 0 Å². The van der Waals surface area contributed by atoms with E-state index in [2.05, 4.69) is 19.0 Å². The highest BCUT2D eigenvalue weighted by molar-refractivity contribution is 6.36. The van der Waals surface area contributed by atoms with E-state index in [1.807, 2.05) is 6.07 Å². The van der Waals surface area contributed by atoms with Crippen LogP contribution in [0.4, 0.5) is 5.88 Å². The van der Waals surface area contributed by atoms with E-state index in [1.165, 1.54) is 0 Å². The summed E-state index contributed by atoms with van der Waals surface area (Å²) in [5.41, 5.74) is 8.53. The molecular weight excluding hydrogens is 307 g/mol. The first kappa shape index (κ1) is 16.2. The zero-order chi connectivity index (χ0) is 15.4. The van der Waals surface area contributed by atoms with E-state index in [9.17, 15) is 0 Å². The predicted octanol–water partition coefficient (Wildman–Crippen LogP) is 5.91. The quantitative estimate of drug-likeness (QED) is 0.717. The van der Waals surface area contributed by atoms with Gasteiger partial charge in [-0.2, -0.15) is 0 Å². The van der Waals surface area contributed by atoms with Crippen LogP contribution in [0, 0.1) is 0 Å². The van der Waals surface area contributed by atoms with Crippen LogP contribution in [0.5, 0.6) is 0 Å². The zero-order valence-electron chi connectivity index (χ0n) is 12.3. The molecule has 0 fully saturated rings. The normalized spacial score (nSPS) is 11.3. The fraction of sp³-hybridized carbons (Fsp3) is 0.438. The van der Waals surface area contributed by atoms with Crippen molar-refractivity contribution in [3.05, 3.63) is 33.9 Å². The lowest BCUT2D eigenvalue weighted by atomic mass is 9.90. The maximum atomic E-state index is 6.31. The Hall–Kier alpha value is -1.19. The van der Waals surface area contributed by atoms with Gasteiger partial charge in [0.1, 0.15) is 0 Å². The smallest absolute Gasteiger partial charge is 0.230 e. The van der Waals surface area contributed by atoms with Crippen LogP contribution < -0.4 is 5.73 Å². The van der Waals surface area contributed by atoms with Gasteiger partial charge in [0.05, 0.1) is 16.3 Å². The minimum absolute atomic E-state index is 0.312. The molecule has 1 aromatic heterocycles. The van der Waals surface area contributed by atoms with Crippen LogP contribution in [0.25, 0.3) is 11.1 Å². The van der Waals surface area contributed by atoms with Crippen LogP contribution in [-0.2, 0) is 0 Å². The van der Waals surface area contributed by atoms with Crippen LogP contribution in [0.15, 0.2) is 22.7 Å². The summed E-state index contributed by atoms with van der Waals surface area (Å²) in [6.07, 6.45) is 4.28. The van der Waals surface area contributed by atoms with Gasteiger partial charge in [-0.05, 0) is 25.0 Å². The minimum Gasteiger partial charge on any atom is -0.367 e. The summed E-state index contributed by atoms with van der Waals surface area (Å²) in [6, 6.07) is 5.38. The third kappa shape index (κ3) is 3.53. The van der Waals surface area contributed by atoms with Crippen LogP contribution >= 0.6 is 23.2 Å². The summed E-state index contributed by atoms with van der Waals surface area (Å²) < 4.78 is 5.25. The fourth-order valence-corrected chi connectivity index (χ4v) is 3.18. The number of anilines is 1. The maximum absolute atomic E-state index is 6.31. The molecular formula is C16H20Cl2N2O. The highest BCUT2D eigenvalue weighted by atomic mass is 35.5. The Labute approximate surface area is 135 Å². The number of nitrogens with two attached hydrogens (primary N) is 1. The van der Waals surface area contributed by atoms with Crippen molar-refractivity contribution in [2.75, 3.05) is 5.73 Å². The van der Waals surface area contributed by atoms with Gasteiger partial charge in [-0.15, -0.1) is 0 Å². The molecule has 114 valence electrons. The molecule has 0 aliphatic carbocycles. The van der Waals surface area contributed by atoms with E-state index in [1.54, 1.807) is 12.1 Å². The van der Waals surface area contributed by atoms with Crippen LogP contribution in [0.2, 0.25) is 10.0 Å². The first-order valence-corrected chi connectivity index (χ1v) is 8.04. The molecule has 3 nitrogen and oxygen atoms in total. The molecule has 0 unspecified atom stereocenters. The third-order valence-electron chi connectivity index (χ3n) is 3.61. The van der Waals surface area contributed by atoms with Crippen molar-refractivity contribution in [2.45, 2.75) is 45.4 Å². The predicted molar refractivity (Wildman–Crippen MR) is 88.9 cm³/mol. The number of nitrogen functional groups attached to an aromatic ring is 1. The first-order valence-electron chi connectivity index (χ1n) is 7.28. The third-order valence-corrected chi connectivity index (χ3v) is 4.15. The van der Waals surface area contributed by atoms with Gasteiger partial charge in [-0.25, -0.2) is 0 Å². The van der Waals surface area contributed by atoms with Crippen molar-refractivity contribution in [1.29, 1.82) is 0 Å². The second-order valence-corrected chi connectivity index (χ2v) is 6.05. The largest absolute Gasteiger partial charge is 0.367 e. The number of hydrogen-bond donors (Lipinski definition) is 1. The van der Waals surface area contributed by atoms with Gasteiger partial charge < -0.3 is 10.3 Å². The molecule has 5 heteroatoms. The average molecular weight is 327 g/mol. The molecule has 0 saturated heterocycles. The highest BCUT2D eigenvalue weighted by Gasteiger charge is 2.24. The van der Waals surface area contributed by atoms with Crippen molar-refractivity contribution in [1.82, 2.24) is 5.16 Å². The number of benzene rings is 1. The summed E-state index contributed by atoms with van der Waals surface area (Å²) in [7, 11) is 0. The molecule has 2 aromatic rings. The Morgan fingerprint density at radius 1 is 1.19 bits per heavy atom. The standard InChI is InChI=1S/C16H20Cl2N2O/c1-3-5-10(6-4-2)15-14(16(19)21-20-15)12-8-7-11(17)9-13(12)18/h7-10H,3-6,19H2,1-2H3. The van der Waals surface area contributed by atoms with Crippen molar-refractivity contribution in [2.24, 2.45) is 0 Å². The summed E-state index contributed by atoms with van der Waals surface area (Å²) in [5, 5.41) is 5.36. The molecule has 0 saturated carbocycles. The average Bonchev–Trinajstić information content (AvgIpc) is 2.80. The van der Waals surface area contributed by atoms with E-state index in [0.717, 1.165) is 42.5 Å². The van der Waals surface area contributed by atoms with Gasteiger partial charge in [0.15, 0.2) is 0 Å². The molecule has 0 amide bonds. The Bertz CT molecular complexity index is 604. The van der Waals surface area contributed by atoms with E-state index < -0.39 is 0 Å². The van der Waals surface area contributed by atoms with E-state index in [0.29, 0.717) is 21.8 Å². The highest BCUT2D eigenvalue weighted by Crippen LogP contribution is 2.41. The van der Waals surface area contributed by atoms with Crippen molar-refractivity contribution >= 4 is 29.1 Å². The number of rotatable bonds is 6. The molecule has 0 aliphatic rings. The summed E-state index contributed by atoms with van der Waals surface area (Å²) in [6.45, 7) is 4.34. The lowest BCUT2D eigenvalue weighted by Crippen LogP contribution is -2.01. The molecule has 21 heavy (non-hydrogen) atoms. The van der Waals surface area contributed by atoms with Gasteiger partial charge >= 0.3 is 0 Å². The molecule has 2 rings (SSSR count). The van der Waals surface area contributed by atoms with Gasteiger partial charge in [0, 0.05) is 16.5 Å². The SMILES string of the molecule is CCCC(CCC)c1noc(N)c1-c1ccc(Cl)cc1Cl. The zero-order valence-corrected chi connectivity index (χ0v) is 13.8. The topological polar surface area (TPSA) is 52.0 Å². The Kier molecular flexibility index (Phi) is 5.54. The van der Waals surface area contributed by atoms with Crippen molar-refractivity contribution in [3.8, 4) is 11.1 Å². The van der Waals surface area contributed by atoms with E-state index in [-0.39, 0.29) is 0 Å². The van der Waals surface area contributed by atoms with E-state index >= 15 is 0 Å². The van der Waals surface area contributed by atoms with Crippen molar-refractivity contribution in [3.63, 3.8) is 0 Å². The molecule has 1 heterocycles.